The van der Waals surface area contributed by atoms with Crippen LogP contribution in [0.4, 0.5) is 0 Å². The average Bonchev–Trinajstić information content (AvgIpc) is 2.64. The van der Waals surface area contributed by atoms with Gasteiger partial charge in [-0.3, -0.25) is 9.48 Å². The molecule has 0 fully saturated rings. The van der Waals surface area contributed by atoms with Gasteiger partial charge in [-0.15, -0.1) is 0 Å². The van der Waals surface area contributed by atoms with Crippen LogP contribution in [0.15, 0.2) is 12.4 Å². The summed E-state index contributed by atoms with van der Waals surface area (Å²) in [5.74, 6) is -0.0802. The average molecular weight is 210 g/mol. The van der Waals surface area contributed by atoms with E-state index in [0.29, 0.717) is 12.1 Å². The number of carbonyl (C=O) groups excluding carboxylic acids is 1. The maximum Gasteiger partial charge on any atom is 0.254 e. The highest BCUT2D eigenvalue weighted by Crippen LogP contribution is 2.00. The smallest absolute Gasteiger partial charge is 0.254 e. The Morgan fingerprint density at radius 1 is 1.73 bits per heavy atom. The van der Waals surface area contributed by atoms with Crippen molar-refractivity contribution in [3.05, 3.63) is 18.0 Å². The first-order chi connectivity index (χ1) is 7.17. The van der Waals surface area contributed by atoms with Gasteiger partial charge in [-0.1, -0.05) is 6.92 Å². The van der Waals surface area contributed by atoms with Crippen LogP contribution >= 0.6 is 0 Å². The number of rotatable bonds is 5. The van der Waals surface area contributed by atoms with Gasteiger partial charge in [0.15, 0.2) is 0 Å². The summed E-state index contributed by atoms with van der Waals surface area (Å²) >= 11 is 0. The lowest BCUT2D eigenvalue weighted by atomic mass is 10.1. The molecule has 5 nitrogen and oxygen atoms in total. The Morgan fingerprint density at radius 2 is 2.47 bits per heavy atom. The first-order valence-corrected chi connectivity index (χ1v) is 5.17. The topological polar surface area (TPSA) is 72.9 Å². The zero-order valence-corrected chi connectivity index (χ0v) is 9.23. The summed E-state index contributed by atoms with van der Waals surface area (Å²) < 4.78 is 1.61. The maximum absolute atomic E-state index is 11.7. The second-order valence-electron chi connectivity index (χ2n) is 3.56. The Bertz CT molecular complexity index is 321. The van der Waals surface area contributed by atoms with Crippen LogP contribution in [0.5, 0.6) is 0 Å². The van der Waals surface area contributed by atoms with Crippen LogP contribution in [-0.2, 0) is 7.05 Å². The SMILES string of the molecule is CCC(CCN)NC(=O)c1cnn(C)c1. The number of amides is 1. The minimum atomic E-state index is -0.0802. The first-order valence-electron chi connectivity index (χ1n) is 5.17. The number of nitrogens with two attached hydrogens (primary N) is 1. The van der Waals surface area contributed by atoms with Crippen LogP contribution in [-0.4, -0.2) is 28.3 Å². The van der Waals surface area contributed by atoms with Crippen molar-refractivity contribution in [2.24, 2.45) is 12.8 Å². The number of carbonyl (C=O) groups is 1. The van der Waals surface area contributed by atoms with E-state index in [4.69, 9.17) is 5.73 Å². The zero-order chi connectivity index (χ0) is 11.3. The summed E-state index contributed by atoms with van der Waals surface area (Å²) in [6, 6.07) is 0.155. The van der Waals surface area contributed by atoms with E-state index in [-0.39, 0.29) is 11.9 Å². The van der Waals surface area contributed by atoms with Gasteiger partial charge < -0.3 is 11.1 Å². The molecule has 1 amide bonds. The fourth-order valence-corrected chi connectivity index (χ4v) is 1.39. The van der Waals surface area contributed by atoms with E-state index in [2.05, 4.69) is 10.4 Å². The highest BCUT2D eigenvalue weighted by atomic mass is 16.1. The molecule has 0 aliphatic rings. The van der Waals surface area contributed by atoms with Crippen molar-refractivity contribution in [3.63, 3.8) is 0 Å². The molecule has 15 heavy (non-hydrogen) atoms. The molecule has 0 spiro atoms. The van der Waals surface area contributed by atoms with Gasteiger partial charge in [0.2, 0.25) is 0 Å². The van der Waals surface area contributed by atoms with Gasteiger partial charge in [-0.25, -0.2) is 0 Å². The maximum atomic E-state index is 11.7. The van der Waals surface area contributed by atoms with Gasteiger partial charge >= 0.3 is 0 Å². The number of aryl methyl sites for hydroxylation is 1. The Balaban J connectivity index is 2.54. The van der Waals surface area contributed by atoms with E-state index in [9.17, 15) is 4.79 Å². The third-order valence-electron chi connectivity index (χ3n) is 2.31. The molecule has 1 rings (SSSR count). The highest BCUT2D eigenvalue weighted by molar-refractivity contribution is 5.93. The molecule has 0 radical (unpaired) electrons. The summed E-state index contributed by atoms with van der Waals surface area (Å²) in [5, 5.41) is 6.87. The molecule has 1 aromatic heterocycles. The van der Waals surface area contributed by atoms with Crippen LogP contribution < -0.4 is 11.1 Å². The van der Waals surface area contributed by atoms with Crippen LogP contribution in [0.3, 0.4) is 0 Å². The van der Waals surface area contributed by atoms with Crippen molar-refractivity contribution in [2.75, 3.05) is 6.54 Å². The predicted octanol–water partition coefficient (Wildman–Crippen LogP) is 0.277. The van der Waals surface area contributed by atoms with E-state index in [1.165, 1.54) is 0 Å². The Labute approximate surface area is 89.6 Å². The van der Waals surface area contributed by atoms with Crippen molar-refractivity contribution >= 4 is 5.91 Å². The monoisotopic (exact) mass is 210 g/mol. The Kier molecular flexibility index (Phi) is 4.30. The summed E-state index contributed by atoms with van der Waals surface area (Å²) in [5.41, 5.74) is 6.05. The van der Waals surface area contributed by atoms with E-state index in [1.807, 2.05) is 6.92 Å². The molecule has 1 unspecified atom stereocenters. The Hall–Kier alpha value is -1.36. The van der Waals surface area contributed by atoms with E-state index in [1.54, 1.807) is 24.1 Å². The minimum Gasteiger partial charge on any atom is -0.349 e. The van der Waals surface area contributed by atoms with Crippen LogP contribution in [0.2, 0.25) is 0 Å². The predicted molar refractivity (Wildman–Crippen MR) is 58.4 cm³/mol. The van der Waals surface area contributed by atoms with Crippen molar-refractivity contribution in [2.45, 2.75) is 25.8 Å². The number of hydrogen-bond acceptors (Lipinski definition) is 3. The summed E-state index contributed by atoms with van der Waals surface area (Å²) in [6.07, 6.45) is 4.96. The molecular weight excluding hydrogens is 192 g/mol. The summed E-state index contributed by atoms with van der Waals surface area (Å²) in [6.45, 7) is 2.62. The van der Waals surface area contributed by atoms with Crippen LogP contribution in [0.1, 0.15) is 30.1 Å². The quantitative estimate of drug-likeness (QED) is 0.733. The molecule has 0 saturated heterocycles. The first kappa shape index (κ1) is 11.7. The third-order valence-corrected chi connectivity index (χ3v) is 2.31. The lowest BCUT2D eigenvalue weighted by Gasteiger charge is -2.14. The van der Waals surface area contributed by atoms with Gasteiger partial charge in [-0.2, -0.15) is 5.10 Å². The van der Waals surface area contributed by atoms with E-state index in [0.717, 1.165) is 12.8 Å². The standard InChI is InChI=1S/C10H18N4O/c1-3-9(4-5-11)13-10(15)8-6-12-14(2)7-8/h6-7,9H,3-5,11H2,1-2H3,(H,13,15). The number of nitrogens with zero attached hydrogens (tertiary/aromatic N) is 2. The summed E-state index contributed by atoms with van der Waals surface area (Å²) in [4.78, 5) is 11.7. The molecule has 1 aromatic rings. The van der Waals surface area contributed by atoms with Crippen molar-refractivity contribution < 1.29 is 4.79 Å². The number of hydrogen-bond donors (Lipinski definition) is 2. The molecule has 0 saturated carbocycles. The summed E-state index contributed by atoms with van der Waals surface area (Å²) in [7, 11) is 1.79. The van der Waals surface area contributed by atoms with Gasteiger partial charge in [0.1, 0.15) is 0 Å². The number of nitrogens with one attached hydrogen (secondary N) is 1. The molecule has 0 aromatic carbocycles. The lowest BCUT2D eigenvalue weighted by molar-refractivity contribution is 0.0934. The lowest BCUT2D eigenvalue weighted by Crippen LogP contribution is -2.35. The van der Waals surface area contributed by atoms with E-state index < -0.39 is 0 Å². The molecule has 1 heterocycles. The second kappa shape index (κ2) is 5.50. The van der Waals surface area contributed by atoms with Gasteiger partial charge in [0.25, 0.3) is 5.91 Å². The molecule has 84 valence electrons. The van der Waals surface area contributed by atoms with Gasteiger partial charge in [0, 0.05) is 19.3 Å². The van der Waals surface area contributed by atoms with Crippen molar-refractivity contribution in [3.8, 4) is 0 Å². The van der Waals surface area contributed by atoms with Gasteiger partial charge in [-0.05, 0) is 19.4 Å². The minimum absolute atomic E-state index is 0.0802. The third kappa shape index (κ3) is 3.36. The second-order valence-corrected chi connectivity index (χ2v) is 3.56. The van der Waals surface area contributed by atoms with Crippen molar-refractivity contribution in [1.29, 1.82) is 0 Å². The fraction of sp³-hybridized carbons (Fsp3) is 0.600. The fourth-order valence-electron chi connectivity index (χ4n) is 1.39. The molecule has 0 bridgehead atoms. The van der Waals surface area contributed by atoms with Crippen LogP contribution in [0, 0.1) is 0 Å². The number of aromatic nitrogens is 2. The molecule has 5 heteroatoms. The molecule has 0 aliphatic heterocycles. The van der Waals surface area contributed by atoms with E-state index >= 15 is 0 Å². The molecule has 1 atom stereocenters. The van der Waals surface area contributed by atoms with Crippen molar-refractivity contribution in [1.82, 2.24) is 15.1 Å². The molecule has 0 aliphatic carbocycles. The van der Waals surface area contributed by atoms with Gasteiger partial charge in [0.05, 0.1) is 11.8 Å². The molecule has 3 N–H and O–H groups in total. The molecular formula is C10H18N4O. The zero-order valence-electron chi connectivity index (χ0n) is 9.23. The highest BCUT2D eigenvalue weighted by Gasteiger charge is 2.12. The van der Waals surface area contributed by atoms with Crippen LogP contribution in [0.25, 0.3) is 0 Å². The normalized spacial score (nSPS) is 12.5. The Morgan fingerprint density at radius 3 is 2.93 bits per heavy atom. The largest absolute Gasteiger partial charge is 0.349 e.